The summed E-state index contributed by atoms with van der Waals surface area (Å²) in [4.78, 5) is 0. The molecule has 1 atom stereocenters. The number of nitrogens with one attached hydrogen (secondary N) is 1. The van der Waals surface area contributed by atoms with Gasteiger partial charge in [-0.3, -0.25) is 0 Å². The molecule has 2 aromatic rings. The van der Waals surface area contributed by atoms with Crippen LogP contribution in [0.2, 0.25) is 5.02 Å². The van der Waals surface area contributed by atoms with Crippen LogP contribution in [0.15, 0.2) is 42.5 Å². The summed E-state index contributed by atoms with van der Waals surface area (Å²) in [5.74, 6) is 0.917. The largest absolute Gasteiger partial charge is 0.492 e. The molecule has 112 valence electrons. The standard InChI is InChI=1S/C18H22ClNO/c1-4-21-18-11-13(2)5-10-17(18)20-14(3)12-15-6-8-16(19)9-7-15/h5-11,14,20H,4,12H2,1-3H3. The second kappa shape index (κ2) is 7.37. The minimum absolute atomic E-state index is 0.313. The summed E-state index contributed by atoms with van der Waals surface area (Å²) < 4.78 is 5.70. The Labute approximate surface area is 132 Å². The highest BCUT2D eigenvalue weighted by molar-refractivity contribution is 6.30. The molecule has 0 saturated heterocycles. The first kappa shape index (κ1) is 15.7. The smallest absolute Gasteiger partial charge is 0.142 e. The number of halogens is 1. The highest BCUT2D eigenvalue weighted by atomic mass is 35.5. The van der Waals surface area contributed by atoms with Gasteiger partial charge in [0.05, 0.1) is 12.3 Å². The van der Waals surface area contributed by atoms with E-state index in [0.29, 0.717) is 12.6 Å². The Balaban J connectivity index is 2.05. The Hall–Kier alpha value is -1.67. The van der Waals surface area contributed by atoms with Crippen LogP contribution in [0.4, 0.5) is 5.69 Å². The summed E-state index contributed by atoms with van der Waals surface area (Å²) in [5.41, 5.74) is 3.52. The summed E-state index contributed by atoms with van der Waals surface area (Å²) in [6, 6.07) is 14.6. The normalized spacial score (nSPS) is 12.0. The number of anilines is 1. The number of benzene rings is 2. The van der Waals surface area contributed by atoms with E-state index in [2.05, 4.69) is 49.5 Å². The zero-order valence-electron chi connectivity index (χ0n) is 12.8. The number of hydrogen-bond acceptors (Lipinski definition) is 2. The first-order valence-corrected chi connectivity index (χ1v) is 7.70. The molecule has 3 heteroatoms. The first-order chi connectivity index (χ1) is 10.1. The molecular weight excluding hydrogens is 282 g/mol. The van der Waals surface area contributed by atoms with E-state index in [4.69, 9.17) is 16.3 Å². The van der Waals surface area contributed by atoms with Gasteiger partial charge in [-0.25, -0.2) is 0 Å². The Morgan fingerprint density at radius 3 is 2.52 bits per heavy atom. The molecule has 0 aliphatic rings. The Bertz CT molecular complexity index is 580. The van der Waals surface area contributed by atoms with Crippen molar-refractivity contribution in [2.24, 2.45) is 0 Å². The van der Waals surface area contributed by atoms with Gasteiger partial charge in [0.25, 0.3) is 0 Å². The van der Waals surface area contributed by atoms with Crippen molar-refractivity contribution >= 4 is 17.3 Å². The molecule has 0 aromatic heterocycles. The maximum Gasteiger partial charge on any atom is 0.142 e. The SMILES string of the molecule is CCOc1cc(C)ccc1NC(C)Cc1ccc(Cl)cc1. The van der Waals surface area contributed by atoms with Crippen molar-refractivity contribution in [2.45, 2.75) is 33.2 Å². The quantitative estimate of drug-likeness (QED) is 0.802. The molecule has 1 N–H and O–H groups in total. The van der Waals surface area contributed by atoms with Crippen LogP contribution in [0.5, 0.6) is 5.75 Å². The van der Waals surface area contributed by atoms with Gasteiger partial charge in [0.15, 0.2) is 0 Å². The topological polar surface area (TPSA) is 21.3 Å². The lowest BCUT2D eigenvalue weighted by Crippen LogP contribution is -2.18. The van der Waals surface area contributed by atoms with Crippen LogP contribution < -0.4 is 10.1 Å². The van der Waals surface area contributed by atoms with E-state index >= 15 is 0 Å². The van der Waals surface area contributed by atoms with Crippen molar-refractivity contribution in [1.29, 1.82) is 0 Å². The molecule has 2 aromatic carbocycles. The van der Waals surface area contributed by atoms with Crippen molar-refractivity contribution in [2.75, 3.05) is 11.9 Å². The van der Waals surface area contributed by atoms with Crippen molar-refractivity contribution in [3.63, 3.8) is 0 Å². The summed E-state index contributed by atoms with van der Waals surface area (Å²) >= 11 is 5.92. The van der Waals surface area contributed by atoms with E-state index in [1.165, 1.54) is 11.1 Å². The molecular formula is C18H22ClNO. The van der Waals surface area contributed by atoms with E-state index in [9.17, 15) is 0 Å². The second-order valence-electron chi connectivity index (χ2n) is 5.31. The van der Waals surface area contributed by atoms with Crippen LogP contribution in [0, 0.1) is 6.92 Å². The summed E-state index contributed by atoms with van der Waals surface area (Å²) in [5, 5.41) is 4.30. The van der Waals surface area contributed by atoms with Crippen molar-refractivity contribution in [1.82, 2.24) is 0 Å². The van der Waals surface area contributed by atoms with Gasteiger partial charge in [-0.05, 0) is 62.6 Å². The average Bonchev–Trinajstić information content (AvgIpc) is 2.45. The van der Waals surface area contributed by atoms with E-state index in [-0.39, 0.29) is 0 Å². The Morgan fingerprint density at radius 1 is 1.14 bits per heavy atom. The van der Waals surface area contributed by atoms with Gasteiger partial charge in [0.2, 0.25) is 0 Å². The zero-order chi connectivity index (χ0) is 15.2. The van der Waals surface area contributed by atoms with Gasteiger partial charge >= 0.3 is 0 Å². The fraction of sp³-hybridized carbons (Fsp3) is 0.333. The second-order valence-corrected chi connectivity index (χ2v) is 5.75. The van der Waals surface area contributed by atoms with E-state index < -0.39 is 0 Å². The molecule has 0 radical (unpaired) electrons. The minimum Gasteiger partial charge on any atom is -0.492 e. The van der Waals surface area contributed by atoms with Gasteiger partial charge in [-0.1, -0.05) is 29.8 Å². The first-order valence-electron chi connectivity index (χ1n) is 7.33. The summed E-state index contributed by atoms with van der Waals surface area (Å²) in [6.07, 6.45) is 0.941. The van der Waals surface area contributed by atoms with E-state index in [1.807, 2.05) is 19.1 Å². The van der Waals surface area contributed by atoms with Crippen molar-refractivity contribution in [3.8, 4) is 5.75 Å². The van der Waals surface area contributed by atoms with Crippen LogP contribution >= 0.6 is 11.6 Å². The highest BCUT2D eigenvalue weighted by Crippen LogP contribution is 2.27. The molecule has 0 aliphatic carbocycles. The van der Waals surface area contributed by atoms with Crippen LogP contribution in [0.3, 0.4) is 0 Å². The molecule has 0 saturated carbocycles. The molecule has 0 heterocycles. The van der Waals surface area contributed by atoms with Crippen molar-refractivity contribution < 1.29 is 4.74 Å². The van der Waals surface area contributed by atoms with Gasteiger partial charge in [-0.15, -0.1) is 0 Å². The van der Waals surface area contributed by atoms with Gasteiger partial charge in [0.1, 0.15) is 5.75 Å². The molecule has 0 amide bonds. The molecule has 2 rings (SSSR count). The monoisotopic (exact) mass is 303 g/mol. The van der Waals surface area contributed by atoms with Crippen LogP contribution in [-0.2, 0) is 6.42 Å². The average molecular weight is 304 g/mol. The third kappa shape index (κ3) is 4.68. The number of hydrogen-bond donors (Lipinski definition) is 1. The van der Waals surface area contributed by atoms with Gasteiger partial charge < -0.3 is 10.1 Å². The van der Waals surface area contributed by atoms with Crippen LogP contribution in [0.25, 0.3) is 0 Å². The fourth-order valence-corrected chi connectivity index (χ4v) is 2.44. The lowest BCUT2D eigenvalue weighted by molar-refractivity contribution is 0.341. The zero-order valence-corrected chi connectivity index (χ0v) is 13.6. The third-order valence-corrected chi connectivity index (χ3v) is 3.55. The molecule has 0 bridgehead atoms. The number of rotatable bonds is 6. The maximum absolute atomic E-state index is 5.92. The molecule has 21 heavy (non-hydrogen) atoms. The van der Waals surface area contributed by atoms with E-state index in [1.54, 1.807) is 0 Å². The van der Waals surface area contributed by atoms with Gasteiger partial charge in [-0.2, -0.15) is 0 Å². The lowest BCUT2D eigenvalue weighted by atomic mass is 10.1. The molecule has 0 fully saturated rings. The third-order valence-electron chi connectivity index (χ3n) is 3.29. The highest BCUT2D eigenvalue weighted by Gasteiger charge is 2.08. The van der Waals surface area contributed by atoms with E-state index in [0.717, 1.165) is 22.9 Å². The fourth-order valence-electron chi connectivity index (χ4n) is 2.31. The van der Waals surface area contributed by atoms with Gasteiger partial charge in [0, 0.05) is 11.1 Å². The number of ether oxygens (including phenoxy) is 1. The summed E-state index contributed by atoms with van der Waals surface area (Å²) in [6.45, 7) is 6.92. The Morgan fingerprint density at radius 2 is 1.86 bits per heavy atom. The summed E-state index contributed by atoms with van der Waals surface area (Å²) in [7, 11) is 0. The minimum atomic E-state index is 0.313. The number of aryl methyl sites for hydroxylation is 1. The molecule has 1 unspecified atom stereocenters. The lowest BCUT2D eigenvalue weighted by Gasteiger charge is -2.18. The predicted octanol–water partition coefficient (Wildman–Crippen LogP) is 5.09. The predicted molar refractivity (Wildman–Crippen MR) is 90.6 cm³/mol. The molecule has 0 spiro atoms. The van der Waals surface area contributed by atoms with Crippen molar-refractivity contribution in [3.05, 3.63) is 58.6 Å². The Kier molecular flexibility index (Phi) is 5.51. The van der Waals surface area contributed by atoms with Crippen LogP contribution in [0.1, 0.15) is 25.0 Å². The molecule has 2 nitrogen and oxygen atoms in total. The molecule has 0 aliphatic heterocycles. The maximum atomic E-state index is 5.92. The van der Waals surface area contributed by atoms with Crippen LogP contribution in [-0.4, -0.2) is 12.6 Å².